The molecule has 0 rings (SSSR count). The number of likely N-dealkylation sites (N-methyl/N-ethyl adjacent to an activating group) is 1. The normalized spacial score (nSPS) is 12.5. The van der Waals surface area contributed by atoms with Crippen LogP contribution < -0.4 is 32.3 Å². The van der Waals surface area contributed by atoms with Crippen LogP contribution >= 0.6 is 0 Å². The van der Waals surface area contributed by atoms with Crippen LogP contribution in [0.1, 0.15) is 59.3 Å². The summed E-state index contributed by atoms with van der Waals surface area (Å²) in [5.74, 6) is -0.600. The molecule has 0 fully saturated rings. The van der Waals surface area contributed by atoms with Gasteiger partial charge in [-0.15, -0.1) is 0 Å². The first-order valence-corrected chi connectivity index (χ1v) is 15.6. The van der Waals surface area contributed by atoms with Crippen molar-refractivity contribution >= 4 is 23.6 Å². The fourth-order valence-corrected chi connectivity index (χ4v) is 3.85. The summed E-state index contributed by atoms with van der Waals surface area (Å²) in [6.45, 7) is 10.9. The van der Waals surface area contributed by atoms with Crippen molar-refractivity contribution in [1.29, 1.82) is 0 Å². The van der Waals surface area contributed by atoms with Crippen molar-refractivity contribution in [3.63, 3.8) is 0 Å². The lowest BCUT2D eigenvalue weighted by Gasteiger charge is -2.25. The smallest absolute Gasteiger partial charge is 0.242 e. The molecule has 0 aromatic rings. The quantitative estimate of drug-likeness (QED) is 0.0593. The van der Waals surface area contributed by atoms with E-state index in [9.17, 15) is 19.2 Å². The zero-order valence-electron chi connectivity index (χ0n) is 26.8. The molecule has 43 heavy (non-hydrogen) atoms. The maximum atomic E-state index is 12.9. The van der Waals surface area contributed by atoms with Gasteiger partial charge in [0.2, 0.25) is 23.6 Å². The molecule has 0 spiro atoms. The molecular weight excluding hydrogens is 560 g/mol. The lowest BCUT2D eigenvalue weighted by molar-refractivity contribution is -0.130. The van der Waals surface area contributed by atoms with Crippen LogP contribution in [0.5, 0.6) is 0 Å². The molecule has 0 aliphatic carbocycles. The standard InChI is InChI=1S/C29H58N6O8/c1-5-8-25(36)33-14-16-41-18-20-43-22-21-42-19-17-40-15-10-26(37)32-12-13-34-27(23(2)3)29(39)35-24(28(38)31-4)9-6-7-11-30/h23-24,27,34H,5-22,30H2,1-4H3,(H,31,38)(H,32,37)(H,33,36)(H,35,39)/t24?,27-/m0/s1. The molecule has 0 aromatic carbocycles. The Labute approximate surface area is 257 Å². The first kappa shape index (κ1) is 40.6. The average Bonchev–Trinajstić information content (AvgIpc) is 2.98. The largest absolute Gasteiger partial charge is 0.379 e. The number of carbonyl (C=O) groups excluding carboxylic acids is 4. The summed E-state index contributed by atoms with van der Waals surface area (Å²) in [5, 5.41) is 14.2. The zero-order valence-corrected chi connectivity index (χ0v) is 26.8. The molecule has 0 aliphatic rings. The van der Waals surface area contributed by atoms with E-state index < -0.39 is 12.1 Å². The fourth-order valence-electron chi connectivity index (χ4n) is 3.85. The molecule has 0 aromatic heterocycles. The Morgan fingerprint density at radius 1 is 0.698 bits per heavy atom. The molecule has 252 valence electrons. The minimum Gasteiger partial charge on any atom is -0.379 e. The van der Waals surface area contributed by atoms with Crippen LogP contribution in [0, 0.1) is 5.92 Å². The number of nitrogens with two attached hydrogens (primary N) is 1. The van der Waals surface area contributed by atoms with Crippen LogP contribution in [-0.2, 0) is 38.1 Å². The molecular formula is C29H58N6O8. The summed E-state index contributed by atoms with van der Waals surface area (Å²) in [6.07, 6.45) is 3.63. The number of hydrogen-bond donors (Lipinski definition) is 6. The number of ether oxygens (including phenoxy) is 4. The molecule has 0 bridgehead atoms. The monoisotopic (exact) mass is 618 g/mol. The van der Waals surface area contributed by atoms with E-state index in [1.807, 2.05) is 20.8 Å². The Bertz CT molecular complexity index is 744. The van der Waals surface area contributed by atoms with Crippen molar-refractivity contribution in [2.45, 2.75) is 71.4 Å². The minimum atomic E-state index is -0.612. The number of unbranched alkanes of at least 4 members (excludes halogenated alkanes) is 1. The maximum Gasteiger partial charge on any atom is 0.242 e. The van der Waals surface area contributed by atoms with Crippen molar-refractivity contribution in [1.82, 2.24) is 26.6 Å². The molecule has 7 N–H and O–H groups in total. The van der Waals surface area contributed by atoms with Gasteiger partial charge in [-0.25, -0.2) is 0 Å². The zero-order chi connectivity index (χ0) is 32.1. The van der Waals surface area contributed by atoms with Crippen LogP contribution in [0.4, 0.5) is 0 Å². The lowest BCUT2D eigenvalue weighted by atomic mass is 10.0. The van der Waals surface area contributed by atoms with Crippen molar-refractivity contribution in [2.24, 2.45) is 11.7 Å². The average molecular weight is 619 g/mol. The van der Waals surface area contributed by atoms with Crippen molar-refractivity contribution < 1.29 is 38.1 Å². The third kappa shape index (κ3) is 23.7. The summed E-state index contributed by atoms with van der Waals surface area (Å²) in [6, 6.07) is -1.12. The van der Waals surface area contributed by atoms with Crippen molar-refractivity contribution in [3.8, 4) is 0 Å². The lowest BCUT2D eigenvalue weighted by Crippen LogP contribution is -2.54. The minimum absolute atomic E-state index is 0.0111. The highest BCUT2D eigenvalue weighted by atomic mass is 16.6. The fraction of sp³-hybridized carbons (Fsp3) is 0.862. The van der Waals surface area contributed by atoms with E-state index in [1.54, 1.807) is 7.05 Å². The topological polar surface area (TPSA) is 191 Å². The highest BCUT2D eigenvalue weighted by molar-refractivity contribution is 5.89. The van der Waals surface area contributed by atoms with Crippen LogP contribution in [0.25, 0.3) is 0 Å². The molecule has 2 atom stereocenters. The Morgan fingerprint density at radius 3 is 1.81 bits per heavy atom. The van der Waals surface area contributed by atoms with Gasteiger partial charge < -0.3 is 51.3 Å². The highest BCUT2D eigenvalue weighted by Crippen LogP contribution is 2.05. The molecule has 0 heterocycles. The van der Waals surface area contributed by atoms with Gasteiger partial charge in [0.25, 0.3) is 0 Å². The Kier molecular flexibility index (Phi) is 26.9. The van der Waals surface area contributed by atoms with Crippen LogP contribution in [-0.4, -0.2) is 122 Å². The number of nitrogens with one attached hydrogen (secondary N) is 5. The molecule has 0 aliphatic heterocycles. The van der Waals surface area contributed by atoms with Gasteiger partial charge in [0.05, 0.1) is 58.9 Å². The van der Waals surface area contributed by atoms with E-state index in [0.717, 1.165) is 19.3 Å². The third-order valence-electron chi connectivity index (χ3n) is 6.22. The van der Waals surface area contributed by atoms with Gasteiger partial charge >= 0.3 is 0 Å². The Hall–Kier alpha value is -2.36. The highest BCUT2D eigenvalue weighted by Gasteiger charge is 2.26. The molecule has 14 heteroatoms. The maximum absolute atomic E-state index is 12.9. The summed E-state index contributed by atoms with van der Waals surface area (Å²) in [7, 11) is 1.54. The van der Waals surface area contributed by atoms with E-state index in [2.05, 4.69) is 26.6 Å². The molecule has 1 unspecified atom stereocenters. The molecule has 14 nitrogen and oxygen atoms in total. The van der Waals surface area contributed by atoms with E-state index in [1.165, 1.54) is 0 Å². The van der Waals surface area contributed by atoms with Gasteiger partial charge in [-0.05, 0) is 38.1 Å². The SMILES string of the molecule is CCCC(=O)NCCOCCOCCOCCOCCC(=O)NCCN[C@H](C(=O)NC(CCCCN)C(=O)NC)C(C)C. The first-order chi connectivity index (χ1) is 20.8. The molecule has 0 saturated heterocycles. The summed E-state index contributed by atoms with van der Waals surface area (Å²) in [5.41, 5.74) is 5.54. The van der Waals surface area contributed by atoms with E-state index in [-0.39, 0.29) is 42.6 Å². The van der Waals surface area contributed by atoms with Gasteiger partial charge in [0.15, 0.2) is 0 Å². The van der Waals surface area contributed by atoms with Crippen LogP contribution in [0.15, 0.2) is 0 Å². The molecule has 4 amide bonds. The van der Waals surface area contributed by atoms with Crippen molar-refractivity contribution in [3.05, 3.63) is 0 Å². The van der Waals surface area contributed by atoms with E-state index in [4.69, 9.17) is 24.7 Å². The van der Waals surface area contributed by atoms with Gasteiger partial charge in [-0.3, -0.25) is 19.2 Å². The molecule has 0 saturated carbocycles. The van der Waals surface area contributed by atoms with Gasteiger partial charge in [0, 0.05) is 39.5 Å². The second-order valence-electron chi connectivity index (χ2n) is 10.3. The van der Waals surface area contributed by atoms with E-state index in [0.29, 0.717) is 85.3 Å². The number of carbonyl (C=O) groups is 4. The summed E-state index contributed by atoms with van der Waals surface area (Å²) >= 11 is 0. The first-order valence-electron chi connectivity index (χ1n) is 15.6. The Balaban J connectivity index is 3.83. The number of rotatable bonds is 29. The van der Waals surface area contributed by atoms with Gasteiger partial charge in [0.1, 0.15) is 6.04 Å². The summed E-state index contributed by atoms with van der Waals surface area (Å²) < 4.78 is 21.7. The molecule has 0 radical (unpaired) electrons. The van der Waals surface area contributed by atoms with Crippen molar-refractivity contribution in [2.75, 3.05) is 86.1 Å². The predicted molar refractivity (Wildman–Crippen MR) is 164 cm³/mol. The van der Waals surface area contributed by atoms with Crippen LogP contribution in [0.3, 0.4) is 0 Å². The van der Waals surface area contributed by atoms with Gasteiger partial charge in [-0.2, -0.15) is 0 Å². The third-order valence-corrected chi connectivity index (χ3v) is 6.22. The van der Waals surface area contributed by atoms with Gasteiger partial charge in [-0.1, -0.05) is 20.8 Å². The van der Waals surface area contributed by atoms with Crippen LogP contribution in [0.2, 0.25) is 0 Å². The summed E-state index contributed by atoms with van der Waals surface area (Å²) in [4.78, 5) is 48.4. The number of hydrogen-bond acceptors (Lipinski definition) is 10. The second kappa shape index (κ2) is 28.4. The second-order valence-corrected chi connectivity index (χ2v) is 10.3. The predicted octanol–water partition coefficient (Wildman–Crippen LogP) is -0.551. The van der Waals surface area contributed by atoms with E-state index >= 15 is 0 Å². The Morgan fingerprint density at radius 2 is 1.26 bits per heavy atom. The number of amides is 4.